The lowest BCUT2D eigenvalue weighted by molar-refractivity contribution is -0.115. The van der Waals surface area contributed by atoms with Crippen LogP contribution in [0, 0.1) is 0 Å². The van der Waals surface area contributed by atoms with Crippen molar-refractivity contribution in [2.75, 3.05) is 25.6 Å². The van der Waals surface area contributed by atoms with E-state index in [1.807, 2.05) is 32.0 Å². The number of ether oxygens (including phenoxy) is 3. The third kappa shape index (κ3) is 4.91. The van der Waals surface area contributed by atoms with Crippen molar-refractivity contribution in [2.45, 2.75) is 20.3 Å². The van der Waals surface area contributed by atoms with E-state index in [-0.39, 0.29) is 12.3 Å². The van der Waals surface area contributed by atoms with E-state index >= 15 is 0 Å². The van der Waals surface area contributed by atoms with Gasteiger partial charge >= 0.3 is 0 Å². The number of nitrogens with one attached hydrogen (secondary N) is 1. The molecule has 2 aromatic carbocycles. The molecule has 0 atom stereocenters. The van der Waals surface area contributed by atoms with E-state index in [9.17, 15) is 4.79 Å². The van der Waals surface area contributed by atoms with Crippen LogP contribution in [-0.4, -0.2) is 26.2 Å². The van der Waals surface area contributed by atoms with E-state index in [1.54, 1.807) is 31.4 Å². The fourth-order valence-corrected chi connectivity index (χ4v) is 2.27. The molecule has 0 heterocycles. The monoisotopic (exact) mass is 329 g/mol. The summed E-state index contributed by atoms with van der Waals surface area (Å²) in [6.07, 6.45) is 0.262. The average Bonchev–Trinajstić information content (AvgIpc) is 2.58. The van der Waals surface area contributed by atoms with Crippen molar-refractivity contribution in [2.24, 2.45) is 0 Å². The lowest BCUT2D eigenvalue weighted by Crippen LogP contribution is -2.14. The second-order valence-electron chi connectivity index (χ2n) is 5.10. The largest absolute Gasteiger partial charge is 0.497 e. The predicted molar refractivity (Wildman–Crippen MR) is 94.1 cm³/mol. The number of rotatable bonds is 8. The Hall–Kier alpha value is -2.69. The summed E-state index contributed by atoms with van der Waals surface area (Å²) in [5, 5.41) is 2.87. The Balaban J connectivity index is 2.03. The van der Waals surface area contributed by atoms with Crippen LogP contribution in [0.25, 0.3) is 0 Å². The number of anilines is 1. The molecule has 1 amide bonds. The van der Waals surface area contributed by atoms with E-state index < -0.39 is 0 Å². The maximum Gasteiger partial charge on any atom is 0.228 e. The number of hydrogen-bond donors (Lipinski definition) is 1. The van der Waals surface area contributed by atoms with Crippen molar-refractivity contribution in [3.8, 4) is 17.2 Å². The fourth-order valence-electron chi connectivity index (χ4n) is 2.27. The first-order valence-corrected chi connectivity index (χ1v) is 7.98. The molecule has 0 spiro atoms. The normalized spacial score (nSPS) is 10.1. The van der Waals surface area contributed by atoms with Crippen molar-refractivity contribution in [1.82, 2.24) is 0 Å². The summed E-state index contributed by atoms with van der Waals surface area (Å²) in [6.45, 7) is 4.95. The molecule has 0 saturated heterocycles. The molecule has 0 bridgehead atoms. The summed E-state index contributed by atoms with van der Waals surface area (Å²) >= 11 is 0. The second-order valence-corrected chi connectivity index (χ2v) is 5.10. The van der Waals surface area contributed by atoms with Crippen LogP contribution in [0.2, 0.25) is 0 Å². The Labute approximate surface area is 142 Å². The molecule has 0 saturated carbocycles. The number of amides is 1. The molecular formula is C19H23NO4. The first-order valence-electron chi connectivity index (χ1n) is 7.98. The van der Waals surface area contributed by atoms with E-state index in [0.29, 0.717) is 24.7 Å². The molecular weight excluding hydrogens is 306 g/mol. The van der Waals surface area contributed by atoms with E-state index in [2.05, 4.69) is 5.32 Å². The van der Waals surface area contributed by atoms with Gasteiger partial charge in [0, 0.05) is 5.69 Å². The lowest BCUT2D eigenvalue weighted by atomic mass is 10.1. The van der Waals surface area contributed by atoms with Gasteiger partial charge in [-0.1, -0.05) is 6.07 Å². The van der Waals surface area contributed by atoms with E-state index in [4.69, 9.17) is 14.2 Å². The topological polar surface area (TPSA) is 56.8 Å². The molecule has 0 radical (unpaired) electrons. The smallest absolute Gasteiger partial charge is 0.228 e. The van der Waals surface area contributed by atoms with Crippen molar-refractivity contribution in [1.29, 1.82) is 0 Å². The summed E-state index contributed by atoms with van der Waals surface area (Å²) in [7, 11) is 1.61. The zero-order valence-electron chi connectivity index (χ0n) is 14.3. The van der Waals surface area contributed by atoms with Crippen molar-refractivity contribution < 1.29 is 19.0 Å². The first-order chi connectivity index (χ1) is 11.7. The molecule has 5 nitrogen and oxygen atoms in total. The predicted octanol–water partition coefficient (Wildman–Crippen LogP) is 3.67. The maximum atomic E-state index is 12.2. The van der Waals surface area contributed by atoms with Crippen LogP contribution in [0.1, 0.15) is 19.4 Å². The highest BCUT2D eigenvalue weighted by Gasteiger charge is 2.09. The number of carbonyl (C=O) groups excluding carboxylic acids is 1. The van der Waals surface area contributed by atoms with Gasteiger partial charge in [0.25, 0.3) is 0 Å². The number of hydrogen-bond acceptors (Lipinski definition) is 4. The summed E-state index contributed by atoms with van der Waals surface area (Å²) in [5.74, 6) is 2.01. The summed E-state index contributed by atoms with van der Waals surface area (Å²) in [4.78, 5) is 12.2. The average molecular weight is 329 g/mol. The van der Waals surface area contributed by atoms with Crippen LogP contribution >= 0.6 is 0 Å². The molecule has 2 aromatic rings. The minimum Gasteiger partial charge on any atom is -0.497 e. The minimum atomic E-state index is -0.0909. The van der Waals surface area contributed by atoms with Crippen LogP contribution in [-0.2, 0) is 11.2 Å². The molecule has 0 aliphatic heterocycles. The van der Waals surface area contributed by atoms with Crippen molar-refractivity contribution in [3.05, 3.63) is 48.0 Å². The Kier molecular flexibility index (Phi) is 6.49. The second kappa shape index (κ2) is 8.82. The number of carbonyl (C=O) groups is 1. The SMILES string of the molecule is CCOc1ccc(CC(=O)Nc2ccc(OC)cc2)cc1OCC. The Morgan fingerprint density at radius 3 is 2.25 bits per heavy atom. The van der Waals surface area contributed by atoms with Gasteiger partial charge in [0.05, 0.1) is 26.7 Å². The van der Waals surface area contributed by atoms with Gasteiger partial charge in [-0.3, -0.25) is 4.79 Å². The van der Waals surface area contributed by atoms with Gasteiger partial charge in [-0.15, -0.1) is 0 Å². The van der Waals surface area contributed by atoms with Gasteiger partial charge in [0.2, 0.25) is 5.91 Å². The molecule has 0 aliphatic rings. The van der Waals surface area contributed by atoms with Crippen LogP contribution in [0.3, 0.4) is 0 Å². The highest BCUT2D eigenvalue weighted by atomic mass is 16.5. The van der Waals surface area contributed by atoms with Gasteiger partial charge in [0.1, 0.15) is 5.75 Å². The summed E-state index contributed by atoms with van der Waals surface area (Å²) in [5.41, 5.74) is 1.60. The highest BCUT2D eigenvalue weighted by Crippen LogP contribution is 2.28. The summed E-state index contributed by atoms with van der Waals surface area (Å²) < 4.78 is 16.2. The molecule has 2 rings (SSSR count). The zero-order valence-corrected chi connectivity index (χ0v) is 14.3. The molecule has 0 aliphatic carbocycles. The maximum absolute atomic E-state index is 12.2. The lowest BCUT2D eigenvalue weighted by Gasteiger charge is -2.12. The molecule has 5 heteroatoms. The third-order valence-electron chi connectivity index (χ3n) is 3.35. The fraction of sp³-hybridized carbons (Fsp3) is 0.316. The van der Waals surface area contributed by atoms with Gasteiger partial charge in [-0.05, 0) is 55.8 Å². The Bertz CT molecular complexity index is 668. The van der Waals surface area contributed by atoms with Crippen LogP contribution in [0.5, 0.6) is 17.2 Å². The van der Waals surface area contributed by atoms with Crippen LogP contribution in [0.4, 0.5) is 5.69 Å². The molecule has 128 valence electrons. The van der Waals surface area contributed by atoms with Gasteiger partial charge in [0.15, 0.2) is 11.5 Å². The van der Waals surface area contributed by atoms with E-state index in [1.165, 1.54) is 0 Å². The number of benzene rings is 2. The van der Waals surface area contributed by atoms with Gasteiger partial charge < -0.3 is 19.5 Å². The van der Waals surface area contributed by atoms with Crippen LogP contribution < -0.4 is 19.5 Å². The van der Waals surface area contributed by atoms with Crippen molar-refractivity contribution >= 4 is 11.6 Å². The first kappa shape index (κ1) is 17.7. The van der Waals surface area contributed by atoms with Gasteiger partial charge in [-0.2, -0.15) is 0 Å². The quantitative estimate of drug-likeness (QED) is 0.803. The van der Waals surface area contributed by atoms with Crippen LogP contribution in [0.15, 0.2) is 42.5 Å². The Morgan fingerprint density at radius 2 is 1.62 bits per heavy atom. The van der Waals surface area contributed by atoms with E-state index in [0.717, 1.165) is 17.0 Å². The molecule has 0 fully saturated rings. The third-order valence-corrected chi connectivity index (χ3v) is 3.35. The molecule has 0 aromatic heterocycles. The standard InChI is InChI=1S/C19H23NO4/c1-4-23-17-11-6-14(12-18(17)24-5-2)13-19(21)20-15-7-9-16(22-3)10-8-15/h6-12H,4-5,13H2,1-3H3,(H,20,21). The molecule has 0 unspecified atom stereocenters. The summed E-state index contributed by atoms with van der Waals surface area (Å²) in [6, 6.07) is 12.8. The minimum absolute atomic E-state index is 0.0909. The molecule has 1 N–H and O–H groups in total. The highest BCUT2D eigenvalue weighted by molar-refractivity contribution is 5.92. The van der Waals surface area contributed by atoms with Gasteiger partial charge in [-0.25, -0.2) is 0 Å². The zero-order chi connectivity index (χ0) is 17.4. The number of methoxy groups -OCH3 is 1. The van der Waals surface area contributed by atoms with Crippen molar-refractivity contribution in [3.63, 3.8) is 0 Å². The molecule has 24 heavy (non-hydrogen) atoms. The Morgan fingerprint density at radius 1 is 0.958 bits per heavy atom.